The van der Waals surface area contributed by atoms with E-state index in [4.69, 9.17) is 0 Å². The van der Waals surface area contributed by atoms with E-state index in [-0.39, 0.29) is 11.9 Å². The van der Waals surface area contributed by atoms with E-state index in [1.54, 1.807) is 23.6 Å². The molecule has 1 atom stereocenters. The second kappa shape index (κ2) is 6.18. The van der Waals surface area contributed by atoms with Gasteiger partial charge in [-0.2, -0.15) is 0 Å². The number of pyridine rings is 1. The van der Waals surface area contributed by atoms with Crippen LogP contribution in [0.1, 0.15) is 47.1 Å². The third-order valence-electron chi connectivity index (χ3n) is 3.91. The molecule has 0 radical (unpaired) electrons. The molecule has 1 N–H and O–H groups in total. The monoisotopic (exact) mass is 286 g/mol. The van der Waals surface area contributed by atoms with Crippen molar-refractivity contribution < 1.29 is 4.79 Å². The van der Waals surface area contributed by atoms with E-state index in [0.717, 1.165) is 0 Å². The Morgan fingerprint density at radius 1 is 1.25 bits per heavy atom. The average molecular weight is 286 g/mol. The van der Waals surface area contributed by atoms with Gasteiger partial charge in [0, 0.05) is 11.1 Å². The lowest BCUT2D eigenvalue weighted by atomic mass is 9.96. The van der Waals surface area contributed by atoms with Crippen molar-refractivity contribution >= 4 is 17.2 Å². The van der Waals surface area contributed by atoms with Crippen molar-refractivity contribution in [3.05, 3.63) is 52.5 Å². The van der Waals surface area contributed by atoms with Gasteiger partial charge < -0.3 is 5.32 Å². The highest BCUT2D eigenvalue weighted by molar-refractivity contribution is 7.10. The fraction of sp³-hybridized carbons (Fsp3) is 0.375. The Labute approximate surface area is 123 Å². The molecule has 1 amide bonds. The maximum absolute atomic E-state index is 12.3. The Kier molecular flexibility index (Phi) is 4.11. The number of amides is 1. The highest BCUT2D eigenvalue weighted by Gasteiger charge is 2.28. The van der Waals surface area contributed by atoms with Crippen LogP contribution in [0.25, 0.3) is 0 Å². The molecule has 1 saturated carbocycles. The molecule has 1 aliphatic rings. The summed E-state index contributed by atoms with van der Waals surface area (Å²) in [7, 11) is 0. The number of nitrogens with zero attached hydrogens (tertiary/aromatic N) is 1. The van der Waals surface area contributed by atoms with Gasteiger partial charge in [0.2, 0.25) is 0 Å². The first-order valence-electron chi connectivity index (χ1n) is 7.10. The predicted octanol–water partition coefficient (Wildman–Crippen LogP) is 3.80. The largest absolute Gasteiger partial charge is 0.343 e. The molecule has 104 valence electrons. The van der Waals surface area contributed by atoms with E-state index in [0.29, 0.717) is 11.6 Å². The van der Waals surface area contributed by atoms with Gasteiger partial charge in [0.1, 0.15) is 5.69 Å². The third-order valence-corrected chi connectivity index (χ3v) is 4.86. The van der Waals surface area contributed by atoms with Crippen LogP contribution in [0.2, 0.25) is 0 Å². The van der Waals surface area contributed by atoms with E-state index in [1.807, 2.05) is 12.1 Å². The van der Waals surface area contributed by atoms with Crippen LogP contribution in [0.4, 0.5) is 0 Å². The van der Waals surface area contributed by atoms with Gasteiger partial charge in [0.25, 0.3) is 5.91 Å². The van der Waals surface area contributed by atoms with Gasteiger partial charge in [-0.25, -0.2) is 0 Å². The quantitative estimate of drug-likeness (QED) is 0.928. The summed E-state index contributed by atoms with van der Waals surface area (Å²) in [6.45, 7) is 0. The van der Waals surface area contributed by atoms with Gasteiger partial charge in [-0.15, -0.1) is 11.3 Å². The number of carbonyl (C=O) groups is 1. The number of rotatable bonds is 4. The van der Waals surface area contributed by atoms with Gasteiger partial charge in [0.05, 0.1) is 6.04 Å². The first-order valence-corrected chi connectivity index (χ1v) is 7.98. The maximum Gasteiger partial charge on any atom is 0.270 e. The molecule has 3 rings (SSSR count). The summed E-state index contributed by atoms with van der Waals surface area (Å²) in [5, 5.41) is 5.26. The molecule has 1 fully saturated rings. The Morgan fingerprint density at radius 3 is 2.75 bits per heavy atom. The number of aromatic nitrogens is 1. The highest BCUT2D eigenvalue weighted by atomic mass is 32.1. The van der Waals surface area contributed by atoms with E-state index in [1.165, 1.54) is 30.6 Å². The minimum absolute atomic E-state index is 0.0732. The van der Waals surface area contributed by atoms with Crippen LogP contribution in [-0.2, 0) is 0 Å². The molecule has 3 nitrogen and oxygen atoms in total. The topological polar surface area (TPSA) is 42.0 Å². The number of nitrogens with one attached hydrogen (secondary N) is 1. The van der Waals surface area contributed by atoms with Crippen LogP contribution >= 0.6 is 11.3 Å². The molecule has 0 unspecified atom stereocenters. The fourth-order valence-electron chi connectivity index (χ4n) is 2.89. The van der Waals surface area contributed by atoms with Crippen molar-refractivity contribution in [2.45, 2.75) is 31.7 Å². The first-order chi connectivity index (χ1) is 9.84. The lowest BCUT2D eigenvalue weighted by Gasteiger charge is -2.23. The number of hydrogen-bond donors (Lipinski definition) is 1. The van der Waals surface area contributed by atoms with Gasteiger partial charge in [0.15, 0.2) is 0 Å². The molecular weight excluding hydrogens is 268 g/mol. The number of hydrogen-bond acceptors (Lipinski definition) is 3. The van der Waals surface area contributed by atoms with E-state index in [2.05, 4.69) is 27.8 Å². The average Bonchev–Trinajstić information content (AvgIpc) is 3.19. The van der Waals surface area contributed by atoms with Crippen LogP contribution in [-0.4, -0.2) is 10.9 Å². The summed E-state index contributed by atoms with van der Waals surface area (Å²) >= 11 is 1.72. The molecule has 20 heavy (non-hydrogen) atoms. The Hall–Kier alpha value is -1.68. The first kappa shape index (κ1) is 13.3. The second-order valence-corrected chi connectivity index (χ2v) is 6.21. The van der Waals surface area contributed by atoms with Gasteiger partial charge in [-0.3, -0.25) is 9.78 Å². The molecule has 0 saturated heterocycles. The standard InChI is InChI=1S/C16H18N2OS/c19-16(13-8-3-4-10-17-13)18-15(12-6-1-2-7-12)14-9-5-11-20-14/h3-5,8-12,15H,1-2,6-7H2,(H,18,19)/t15-/m1/s1. The highest BCUT2D eigenvalue weighted by Crippen LogP contribution is 2.37. The van der Waals surface area contributed by atoms with Crippen molar-refractivity contribution in [3.63, 3.8) is 0 Å². The van der Waals surface area contributed by atoms with Crippen LogP contribution < -0.4 is 5.32 Å². The third kappa shape index (κ3) is 2.90. The van der Waals surface area contributed by atoms with Crippen LogP contribution in [0, 0.1) is 5.92 Å². The van der Waals surface area contributed by atoms with E-state index in [9.17, 15) is 4.79 Å². The summed E-state index contributed by atoms with van der Waals surface area (Å²) < 4.78 is 0. The Balaban J connectivity index is 1.78. The van der Waals surface area contributed by atoms with Gasteiger partial charge in [-0.1, -0.05) is 25.0 Å². The number of carbonyl (C=O) groups excluding carboxylic acids is 1. The zero-order chi connectivity index (χ0) is 13.8. The van der Waals surface area contributed by atoms with Gasteiger partial charge in [-0.05, 0) is 42.3 Å². The smallest absolute Gasteiger partial charge is 0.270 e. The summed E-state index contributed by atoms with van der Waals surface area (Å²) in [6, 6.07) is 9.73. The van der Waals surface area contributed by atoms with Crippen molar-refractivity contribution in [3.8, 4) is 0 Å². The van der Waals surface area contributed by atoms with Crippen LogP contribution in [0.3, 0.4) is 0 Å². The molecule has 0 aromatic carbocycles. The zero-order valence-electron chi connectivity index (χ0n) is 11.3. The molecule has 0 spiro atoms. The van der Waals surface area contributed by atoms with Crippen molar-refractivity contribution in [1.29, 1.82) is 0 Å². The molecular formula is C16H18N2OS. The van der Waals surface area contributed by atoms with E-state index >= 15 is 0 Å². The zero-order valence-corrected chi connectivity index (χ0v) is 12.1. The van der Waals surface area contributed by atoms with Crippen molar-refractivity contribution in [2.24, 2.45) is 5.92 Å². The van der Waals surface area contributed by atoms with Gasteiger partial charge >= 0.3 is 0 Å². The molecule has 4 heteroatoms. The molecule has 2 heterocycles. The maximum atomic E-state index is 12.3. The lowest BCUT2D eigenvalue weighted by Crippen LogP contribution is -2.32. The SMILES string of the molecule is O=C(N[C@@H](c1cccs1)C1CCCC1)c1ccccn1. The summed E-state index contributed by atoms with van der Waals surface area (Å²) in [5.74, 6) is 0.484. The summed E-state index contributed by atoms with van der Waals surface area (Å²) in [4.78, 5) is 17.7. The van der Waals surface area contributed by atoms with Crippen molar-refractivity contribution in [1.82, 2.24) is 10.3 Å². The molecule has 2 aromatic rings. The van der Waals surface area contributed by atoms with E-state index < -0.39 is 0 Å². The predicted molar refractivity (Wildman–Crippen MR) is 80.7 cm³/mol. The van der Waals surface area contributed by atoms with Crippen LogP contribution in [0.15, 0.2) is 41.9 Å². The molecule has 0 aliphatic heterocycles. The normalized spacial score (nSPS) is 17.0. The van der Waals surface area contributed by atoms with Crippen molar-refractivity contribution in [2.75, 3.05) is 0 Å². The molecule has 0 bridgehead atoms. The summed E-state index contributed by atoms with van der Waals surface area (Å²) in [6.07, 6.45) is 6.60. The minimum Gasteiger partial charge on any atom is -0.343 e. The fourth-order valence-corrected chi connectivity index (χ4v) is 3.76. The summed E-state index contributed by atoms with van der Waals surface area (Å²) in [5.41, 5.74) is 0.493. The van der Waals surface area contributed by atoms with Crippen LogP contribution in [0.5, 0.6) is 0 Å². The lowest BCUT2D eigenvalue weighted by molar-refractivity contribution is 0.0917. The minimum atomic E-state index is -0.0732. The Morgan fingerprint density at radius 2 is 2.10 bits per heavy atom. The Bertz CT molecular complexity index is 547. The molecule has 2 aromatic heterocycles. The second-order valence-electron chi connectivity index (χ2n) is 5.23. The number of thiophene rings is 1. The molecule has 1 aliphatic carbocycles.